The van der Waals surface area contributed by atoms with E-state index in [0.29, 0.717) is 30.0 Å². The summed E-state index contributed by atoms with van der Waals surface area (Å²) in [6, 6.07) is 20.0. The van der Waals surface area contributed by atoms with E-state index in [9.17, 15) is 21.6 Å². The number of hydrogen-bond donors (Lipinski definition) is 1. The highest BCUT2D eigenvalue weighted by Crippen LogP contribution is 2.22. The molecule has 8 nitrogen and oxygen atoms in total. The lowest BCUT2D eigenvalue weighted by Gasteiger charge is -2.23. The Labute approximate surface area is 213 Å². The van der Waals surface area contributed by atoms with Gasteiger partial charge in [0.15, 0.2) is 0 Å². The summed E-state index contributed by atoms with van der Waals surface area (Å²) in [5.41, 5.74) is 3.10. The molecule has 1 N–H and O–H groups in total. The van der Waals surface area contributed by atoms with E-state index in [2.05, 4.69) is 5.32 Å². The molecule has 10 heteroatoms. The molecule has 0 saturated heterocycles. The molecule has 0 aliphatic carbocycles. The van der Waals surface area contributed by atoms with Gasteiger partial charge in [-0.2, -0.15) is 4.31 Å². The Morgan fingerprint density at radius 2 is 1.47 bits per heavy atom. The number of carbonyl (C=O) groups is 1. The zero-order valence-corrected chi connectivity index (χ0v) is 22.4. The number of aryl methyl sites for hydroxylation is 1. The van der Waals surface area contributed by atoms with E-state index in [-0.39, 0.29) is 17.3 Å². The third-order valence-corrected chi connectivity index (χ3v) is 8.89. The van der Waals surface area contributed by atoms with Crippen LogP contribution >= 0.6 is 0 Å². The fourth-order valence-corrected chi connectivity index (χ4v) is 6.07. The average molecular weight is 530 g/mol. The minimum Gasteiger partial charge on any atom is -0.322 e. The van der Waals surface area contributed by atoms with Gasteiger partial charge >= 0.3 is 0 Å². The van der Waals surface area contributed by atoms with Crippen LogP contribution in [-0.2, 0) is 26.6 Å². The zero-order valence-electron chi connectivity index (χ0n) is 20.8. The molecule has 0 bridgehead atoms. The maximum atomic E-state index is 12.7. The molecule has 192 valence electrons. The Bertz CT molecular complexity index is 1420. The van der Waals surface area contributed by atoms with Crippen LogP contribution < -0.4 is 9.62 Å². The van der Waals surface area contributed by atoms with E-state index >= 15 is 0 Å². The Hall–Kier alpha value is -3.21. The van der Waals surface area contributed by atoms with Crippen molar-refractivity contribution in [2.75, 3.05) is 29.0 Å². The van der Waals surface area contributed by atoms with E-state index in [1.165, 1.54) is 20.7 Å². The van der Waals surface area contributed by atoms with Crippen LogP contribution in [0, 0.1) is 6.92 Å². The summed E-state index contributed by atoms with van der Waals surface area (Å²) in [6.07, 6.45) is 1.16. The summed E-state index contributed by atoms with van der Waals surface area (Å²) >= 11 is 0. The summed E-state index contributed by atoms with van der Waals surface area (Å²) < 4.78 is 52.7. The normalized spacial score (nSPS) is 11.9. The predicted molar refractivity (Wildman–Crippen MR) is 143 cm³/mol. The van der Waals surface area contributed by atoms with E-state index in [0.717, 1.165) is 17.4 Å². The molecule has 0 aromatic heterocycles. The molecule has 3 aromatic rings. The second kappa shape index (κ2) is 11.2. The molecule has 0 saturated carbocycles. The summed E-state index contributed by atoms with van der Waals surface area (Å²) in [5.74, 6) is -0.362. The van der Waals surface area contributed by atoms with Crippen molar-refractivity contribution in [2.24, 2.45) is 0 Å². The maximum Gasteiger partial charge on any atom is 0.255 e. The van der Waals surface area contributed by atoms with Crippen LogP contribution in [0.2, 0.25) is 0 Å². The van der Waals surface area contributed by atoms with Crippen LogP contribution in [0.5, 0.6) is 0 Å². The van der Waals surface area contributed by atoms with E-state index in [1.54, 1.807) is 62.4 Å². The first kappa shape index (κ1) is 27.4. The van der Waals surface area contributed by atoms with Crippen molar-refractivity contribution >= 4 is 37.3 Å². The van der Waals surface area contributed by atoms with Crippen molar-refractivity contribution in [2.45, 2.75) is 32.2 Å². The molecule has 36 heavy (non-hydrogen) atoms. The molecule has 0 aliphatic heterocycles. The Balaban J connectivity index is 1.72. The van der Waals surface area contributed by atoms with E-state index in [4.69, 9.17) is 0 Å². The summed E-state index contributed by atoms with van der Waals surface area (Å²) in [6.45, 7) is 6.34. The van der Waals surface area contributed by atoms with E-state index < -0.39 is 20.0 Å². The molecule has 3 aromatic carbocycles. The van der Waals surface area contributed by atoms with Crippen LogP contribution in [0.3, 0.4) is 0 Å². The van der Waals surface area contributed by atoms with E-state index in [1.807, 2.05) is 19.1 Å². The zero-order chi connectivity index (χ0) is 26.5. The highest BCUT2D eigenvalue weighted by atomic mass is 32.2. The van der Waals surface area contributed by atoms with Gasteiger partial charge in [-0.15, -0.1) is 0 Å². The lowest BCUT2D eigenvalue weighted by atomic mass is 10.1. The van der Waals surface area contributed by atoms with Gasteiger partial charge in [0.05, 0.1) is 23.4 Å². The van der Waals surface area contributed by atoms with Gasteiger partial charge in [-0.05, 0) is 66.6 Å². The minimum atomic E-state index is -3.57. The monoisotopic (exact) mass is 529 g/mol. The topological polar surface area (TPSA) is 104 Å². The Morgan fingerprint density at radius 3 is 2.00 bits per heavy atom. The first-order valence-corrected chi connectivity index (χ1v) is 14.8. The van der Waals surface area contributed by atoms with Crippen LogP contribution in [-0.4, -0.2) is 46.4 Å². The highest BCUT2D eigenvalue weighted by molar-refractivity contribution is 7.92. The lowest BCUT2D eigenvalue weighted by Crippen LogP contribution is -2.30. The third kappa shape index (κ3) is 6.51. The first-order valence-electron chi connectivity index (χ1n) is 11.5. The maximum absolute atomic E-state index is 12.7. The standard InChI is InChI=1S/C26H31N3O5S2/c1-5-28(6-2)36(33,34)25-16-14-23(15-17-25)27-26(30)22-12-10-21(11-13-22)19-29(35(4,31)32)24-9-7-8-20(3)18-24/h7-18H,5-6,19H2,1-4H3,(H,27,30). The number of benzene rings is 3. The largest absolute Gasteiger partial charge is 0.322 e. The average Bonchev–Trinajstić information content (AvgIpc) is 2.83. The molecule has 0 unspecified atom stereocenters. The molecule has 0 fully saturated rings. The highest BCUT2D eigenvalue weighted by Gasteiger charge is 2.21. The molecule has 0 radical (unpaired) electrons. The lowest BCUT2D eigenvalue weighted by molar-refractivity contribution is 0.102. The van der Waals surface area contributed by atoms with Crippen molar-refractivity contribution in [3.8, 4) is 0 Å². The van der Waals surface area contributed by atoms with Crippen molar-refractivity contribution in [1.82, 2.24) is 4.31 Å². The van der Waals surface area contributed by atoms with Gasteiger partial charge in [0, 0.05) is 24.3 Å². The molecular weight excluding hydrogens is 498 g/mol. The summed E-state index contributed by atoms with van der Waals surface area (Å²) in [7, 11) is -7.09. The summed E-state index contributed by atoms with van der Waals surface area (Å²) in [5, 5.41) is 2.76. The molecule has 0 heterocycles. The Kier molecular flexibility index (Phi) is 8.55. The van der Waals surface area contributed by atoms with Gasteiger partial charge in [0.1, 0.15) is 0 Å². The van der Waals surface area contributed by atoms with Gasteiger partial charge in [0.25, 0.3) is 5.91 Å². The van der Waals surface area contributed by atoms with Gasteiger partial charge in [0.2, 0.25) is 20.0 Å². The van der Waals surface area contributed by atoms with Crippen molar-refractivity contribution < 1.29 is 21.6 Å². The second-order valence-electron chi connectivity index (χ2n) is 8.37. The number of carbonyl (C=O) groups excluding carboxylic acids is 1. The van der Waals surface area contributed by atoms with Crippen LogP contribution in [0.1, 0.15) is 35.3 Å². The van der Waals surface area contributed by atoms with Gasteiger partial charge in [-0.1, -0.05) is 38.1 Å². The molecule has 0 aliphatic rings. The predicted octanol–water partition coefficient (Wildman–Crippen LogP) is 4.24. The van der Waals surface area contributed by atoms with Gasteiger partial charge in [-0.3, -0.25) is 9.10 Å². The fraction of sp³-hybridized carbons (Fsp3) is 0.269. The van der Waals surface area contributed by atoms with Crippen LogP contribution in [0.15, 0.2) is 77.7 Å². The van der Waals surface area contributed by atoms with Crippen molar-refractivity contribution in [1.29, 1.82) is 0 Å². The molecule has 3 rings (SSSR count). The second-order valence-corrected chi connectivity index (χ2v) is 12.2. The molecule has 1 amide bonds. The van der Waals surface area contributed by atoms with Gasteiger partial charge in [-0.25, -0.2) is 16.8 Å². The van der Waals surface area contributed by atoms with Crippen LogP contribution in [0.25, 0.3) is 0 Å². The third-order valence-electron chi connectivity index (χ3n) is 5.69. The number of rotatable bonds is 10. The fourth-order valence-electron chi connectivity index (χ4n) is 3.74. The number of nitrogens with zero attached hydrogens (tertiary/aromatic N) is 2. The Morgan fingerprint density at radius 1 is 0.861 bits per heavy atom. The number of anilines is 2. The minimum absolute atomic E-state index is 0.132. The quantitative estimate of drug-likeness (QED) is 0.423. The SMILES string of the molecule is CCN(CC)S(=O)(=O)c1ccc(NC(=O)c2ccc(CN(c3cccc(C)c3)S(C)(=O)=O)cc2)cc1. The first-order chi connectivity index (χ1) is 17.0. The summed E-state index contributed by atoms with van der Waals surface area (Å²) in [4.78, 5) is 12.9. The number of amides is 1. The number of hydrogen-bond acceptors (Lipinski definition) is 5. The van der Waals surface area contributed by atoms with Gasteiger partial charge < -0.3 is 5.32 Å². The molecular formula is C26H31N3O5S2. The van der Waals surface area contributed by atoms with Crippen molar-refractivity contribution in [3.05, 3.63) is 89.5 Å². The molecule has 0 spiro atoms. The van der Waals surface area contributed by atoms with Crippen molar-refractivity contribution in [3.63, 3.8) is 0 Å². The molecule has 0 atom stereocenters. The van der Waals surface area contributed by atoms with Crippen LogP contribution in [0.4, 0.5) is 11.4 Å². The smallest absolute Gasteiger partial charge is 0.255 e. The number of nitrogens with one attached hydrogen (secondary N) is 1. The number of sulfonamides is 2.